The molecule has 0 saturated heterocycles. The first-order chi connectivity index (χ1) is 11.8. The third kappa shape index (κ3) is 2.91. The Morgan fingerprint density at radius 3 is 2.71 bits per heavy atom. The van der Waals surface area contributed by atoms with E-state index in [1.807, 2.05) is 54.6 Å². The fraction of sp³-hybridized carbons (Fsp3) is 0.0556. The highest BCUT2D eigenvalue weighted by Crippen LogP contribution is 2.21. The van der Waals surface area contributed by atoms with Crippen molar-refractivity contribution in [3.63, 3.8) is 0 Å². The molecule has 4 rings (SSSR count). The van der Waals surface area contributed by atoms with Gasteiger partial charge in [-0.25, -0.2) is 9.97 Å². The summed E-state index contributed by atoms with van der Waals surface area (Å²) < 4.78 is 1.01. The molecule has 1 amide bonds. The Balaban J connectivity index is 1.45. The Morgan fingerprint density at radius 1 is 1.08 bits per heavy atom. The number of aromatic amines is 1. The zero-order chi connectivity index (χ0) is 16.4. The fourth-order valence-electron chi connectivity index (χ4n) is 2.43. The van der Waals surface area contributed by atoms with Gasteiger partial charge < -0.3 is 10.3 Å². The zero-order valence-electron chi connectivity index (χ0n) is 12.7. The summed E-state index contributed by atoms with van der Waals surface area (Å²) in [5, 5.41) is 3.32. The molecule has 0 saturated carbocycles. The fourth-order valence-corrected chi connectivity index (χ4v) is 3.31. The van der Waals surface area contributed by atoms with Gasteiger partial charge in [0.25, 0.3) is 5.91 Å². The van der Waals surface area contributed by atoms with Gasteiger partial charge in [0.05, 0.1) is 28.7 Å². The van der Waals surface area contributed by atoms with Gasteiger partial charge in [0.1, 0.15) is 5.82 Å². The first-order valence-corrected chi connectivity index (χ1v) is 8.34. The molecule has 0 aliphatic rings. The van der Waals surface area contributed by atoms with Crippen LogP contribution in [-0.4, -0.2) is 20.9 Å². The first kappa shape index (κ1) is 14.6. The largest absolute Gasteiger partial charge is 0.343 e. The van der Waals surface area contributed by atoms with Crippen LogP contribution in [0.1, 0.15) is 15.6 Å². The summed E-state index contributed by atoms with van der Waals surface area (Å²) in [6, 6.07) is 17.7. The molecule has 6 heteroatoms. The van der Waals surface area contributed by atoms with Gasteiger partial charge in [-0.1, -0.05) is 42.5 Å². The maximum Gasteiger partial charge on any atom is 0.280 e. The lowest BCUT2D eigenvalue weighted by molar-refractivity contribution is 0.0950. The molecule has 0 unspecified atom stereocenters. The van der Waals surface area contributed by atoms with E-state index in [9.17, 15) is 4.79 Å². The molecule has 2 aromatic carbocycles. The molecule has 0 aliphatic carbocycles. The van der Waals surface area contributed by atoms with Crippen LogP contribution in [0.25, 0.3) is 21.5 Å². The Hall–Kier alpha value is -2.99. The number of fused-ring (bicyclic) bond motifs is 1. The number of carbonyl (C=O) groups is 1. The monoisotopic (exact) mass is 334 g/mol. The van der Waals surface area contributed by atoms with Gasteiger partial charge in [-0.15, -0.1) is 11.3 Å². The number of benzene rings is 2. The van der Waals surface area contributed by atoms with Gasteiger partial charge in [0.15, 0.2) is 5.01 Å². The van der Waals surface area contributed by atoms with E-state index in [0.717, 1.165) is 21.5 Å². The standard InChI is InChI=1S/C18H14N4OS/c23-17(18-22-13-8-4-5-9-15(13)24-18)20-11-16-19-10-14(21-16)12-6-2-1-3-7-12/h1-10H,11H2,(H,19,21)(H,20,23). The summed E-state index contributed by atoms with van der Waals surface area (Å²) in [5.41, 5.74) is 2.84. The number of rotatable bonds is 4. The van der Waals surface area contributed by atoms with Crippen LogP contribution in [-0.2, 0) is 6.54 Å². The predicted octanol–water partition coefficient (Wildman–Crippen LogP) is 3.62. The quantitative estimate of drug-likeness (QED) is 0.599. The summed E-state index contributed by atoms with van der Waals surface area (Å²) in [7, 11) is 0. The molecule has 0 radical (unpaired) electrons. The molecule has 0 fully saturated rings. The average molecular weight is 334 g/mol. The van der Waals surface area contributed by atoms with Gasteiger partial charge in [0, 0.05) is 0 Å². The predicted molar refractivity (Wildman–Crippen MR) is 94.8 cm³/mol. The highest BCUT2D eigenvalue weighted by molar-refractivity contribution is 7.20. The Kier molecular flexibility index (Phi) is 3.80. The summed E-state index contributed by atoms with van der Waals surface area (Å²) in [6.07, 6.45) is 1.77. The molecule has 0 spiro atoms. The van der Waals surface area contributed by atoms with Crippen LogP contribution in [0.2, 0.25) is 0 Å². The van der Waals surface area contributed by atoms with Crippen molar-refractivity contribution >= 4 is 27.5 Å². The molecule has 4 aromatic rings. The minimum Gasteiger partial charge on any atom is -0.343 e. The SMILES string of the molecule is O=C(NCc1ncc(-c2ccccc2)[nH]1)c1nc2ccccc2s1. The van der Waals surface area contributed by atoms with Crippen molar-refractivity contribution in [1.82, 2.24) is 20.3 Å². The van der Waals surface area contributed by atoms with E-state index in [0.29, 0.717) is 17.4 Å². The number of thiazole rings is 1. The summed E-state index contributed by atoms with van der Waals surface area (Å²) in [5.74, 6) is 0.525. The molecule has 24 heavy (non-hydrogen) atoms. The number of hydrogen-bond acceptors (Lipinski definition) is 4. The van der Waals surface area contributed by atoms with Gasteiger partial charge in [-0.05, 0) is 17.7 Å². The molecule has 0 atom stereocenters. The van der Waals surface area contributed by atoms with Gasteiger partial charge in [-0.2, -0.15) is 0 Å². The molecule has 5 nitrogen and oxygen atoms in total. The third-order valence-corrected chi connectivity index (χ3v) is 4.65. The topological polar surface area (TPSA) is 70.7 Å². The summed E-state index contributed by atoms with van der Waals surface area (Å²) >= 11 is 1.39. The molecule has 2 N–H and O–H groups in total. The van der Waals surface area contributed by atoms with Gasteiger partial charge in [-0.3, -0.25) is 4.79 Å². The van der Waals surface area contributed by atoms with E-state index < -0.39 is 0 Å². The zero-order valence-corrected chi connectivity index (χ0v) is 13.5. The van der Waals surface area contributed by atoms with Crippen LogP contribution in [0.4, 0.5) is 0 Å². The smallest absolute Gasteiger partial charge is 0.280 e. The molecular formula is C18H14N4OS. The van der Waals surface area contributed by atoms with Crippen LogP contribution in [0.5, 0.6) is 0 Å². The minimum absolute atomic E-state index is 0.186. The Morgan fingerprint density at radius 2 is 1.88 bits per heavy atom. The second kappa shape index (κ2) is 6.25. The second-order valence-electron chi connectivity index (χ2n) is 5.28. The normalized spacial score (nSPS) is 10.8. The number of para-hydroxylation sites is 1. The summed E-state index contributed by atoms with van der Waals surface area (Å²) in [6.45, 7) is 0.335. The van der Waals surface area contributed by atoms with Crippen molar-refractivity contribution in [2.45, 2.75) is 6.54 Å². The van der Waals surface area contributed by atoms with E-state index >= 15 is 0 Å². The number of carbonyl (C=O) groups excluding carboxylic acids is 1. The maximum absolute atomic E-state index is 12.3. The van der Waals surface area contributed by atoms with Gasteiger partial charge >= 0.3 is 0 Å². The maximum atomic E-state index is 12.3. The third-order valence-electron chi connectivity index (χ3n) is 3.62. The van der Waals surface area contributed by atoms with Crippen LogP contribution in [0.3, 0.4) is 0 Å². The van der Waals surface area contributed by atoms with Crippen LogP contribution in [0, 0.1) is 0 Å². The van der Waals surface area contributed by atoms with Crippen molar-refractivity contribution in [2.24, 2.45) is 0 Å². The van der Waals surface area contributed by atoms with Crippen molar-refractivity contribution in [3.05, 3.63) is 71.6 Å². The van der Waals surface area contributed by atoms with E-state index in [4.69, 9.17) is 0 Å². The molecular weight excluding hydrogens is 320 g/mol. The van der Waals surface area contributed by atoms with Crippen LogP contribution in [0.15, 0.2) is 60.8 Å². The van der Waals surface area contributed by atoms with Crippen molar-refractivity contribution in [1.29, 1.82) is 0 Å². The Bertz CT molecular complexity index is 957. The lowest BCUT2D eigenvalue weighted by Crippen LogP contribution is -2.23. The van der Waals surface area contributed by atoms with E-state index in [1.165, 1.54) is 11.3 Å². The highest BCUT2D eigenvalue weighted by Gasteiger charge is 2.12. The van der Waals surface area contributed by atoms with Crippen molar-refractivity contribution in [3.8, 4) is 11.3 Å². The van der Waals surface area contributed by atoms with E-state index in [2.05, 4.69) is 20.3 Å². The lowest BCUT2D eigenvalue weighted by Gasteiger charge is -2.00. The number of nitrogens with zero attached hydrogens (tertiary/aromatic N) is 2. The Labute approximate surface area is 142 Å². The molecule has 2 aromatic heterocycles. The number of imidazole rings is 1. The average Bonchev–Trinajstić information content (AvgIpc) is 3.27. The van der Waals surface area contributed by atoms with Gasteiger partial charge in [0.2, 0.25) is 0 Å². The van der Waals surface area contributed by atoms with Crippen LogP contribution < -0.4 is 5.32 Å². The van der Waals surface area contributed by atoms with E-state index in [-0.39, 0.29) is 5.91 Å². The number of hydrogen-bond donors (Lipinski definition) is 2. The summed E-state index contributed by atoms with van der Waals surface area (Å²) in [4.78, 5) is 24.1. The molecule has 2 heterocycles. The number of H-pyrrole nitrogens is 1. The highest BCUT2D eigenvalue weighted by atomic mass is 32.1. The number of aromatic nitrogens is 3. The minimum atomic E-state index is -0.186. The molecule has 118 valence electrons. The first-order valence-electron chi connectivity index (χ1n) is 7.53. The molecule has 0 bridgehead atoms. The molecule has 0 aliphatic heterocycles. The van der Waals surface area contributed by atoms with E-state index in [1.54, 1.807) is 6.20 Å². The lowest BCUT2D eigenvalue weighted by atomic mass is 10.2. The van der Waals surface area contributed by atoms with Crippen LogP contribution >= 0.6 is 11.3 Å². The van der Waals surface area contributed by atoms with Crippen molar-refractivity contribution in [2.75, 3.05) is 0 Å². The number of nitrogens with one attached hydrogen (secondary N) is 2. The second-order valence-corrected chi connectivity index (χ2v) is 6.31. The number of amides is 1. The van der Waals surface area contributed by atoms with Crippen molar-refractivity contribution < 1.29 is 4.79 Å².